The second kappa shape index (κ2) is 41.0. The number of nitrogens with one attached hydrogen (secondary N) is 8. The van der Waals surface area contributed by atoms with E-state index in [-0.39, 0.29) is 83.0 Å². The lowest BCUT2D eigenvalue weighted by Crippen LogP contribution is -2.60. The summed E-state index contributed by atoms with van der Waals surface area (Å²) in [4.78, 5) is 185. The molecule has 22 N–H and O–H groups in total. The molecule has 2 aliphatic rings. The van der Waals surface area contributed by atoms with Crippen LogP contribution in [0.2, 0.25) is 0 Å². The minimum Gasteiger partial charge on any atom is -0.370 e. The number of amides is 13. The zero-order valence-electron chi connectivity index (χ0n) is 54.5. The highest BCUT2D eigenvalue weighted by atomic mass is 32.2. The number of likely N-dealkylation sites (tertiary alicyclic amines) is 2. The maximum absolute atomic E-state index is 14.7. The van der Waals surface area contributed by atoms with Gasteiger partial charge in [0.15, 0.2) is 5.96 Å². The maximum atomic E-state index is 14.7. The van der Waals surface area contributed by atoms with Crippen molar-refractivity contribution in [2.24, 2.45) is 51.0 Å². The van der Waals surface area contributed by atoms with Gasteiger partial charge in [0.1, 0.15) is 54.4 Å². The number of carbonyl (C=O) groups excluding carboxylic acids is 13. The Bertz CT molecular complexity index is 2960. The van der Waals surface area contributed by atoms with Gasteiger partial charge in [0.05, 0.1) is 12.6 Å². The predicted molar refractivity (Wildman–Crippen MR) is 356 cm³/mol. The summed E-state index contributed by atoms with van der Waals surface area (Å²) in [7, 11) is 0. The Morgan fingerprint density at radius 2 is 1.01 bits per heavy atom. The van der Waals surface area contributed by atoms with E-state index in [0.717, 1.165) is 0 Å². The Morgan fingerprint density at radius 3 is 1.51 bits per heavy atom. The van der Waals surface area contributed by atoms with Crippen molar-refractivity contribution in [1.82, 2.24) is 52.3 Å². The van der Waals surface area contributed by atoms with Gasteiger partial charge >= 0.3 is 0 Å². The minimum atomic E-state index is -1.64. The molecular weight excluding hydrogens is 1250 g/mol. The molecule has 0 saturated carbocycles. The first-order valence-electron chi connectivity index (χ1n) is 32.2. The first-order chi connectivity index (χ1) is 45.2. The molecule has 0 aliphatic carbocycles. The fourth-order valence-corrected chi connectivity index (χ4v) is 11.5. The van der Waals surface area contributed by atoms with Crippen molar-refractivity contribution in [3.8, 4) is 0 Å². The quantitative estimate of drug-likeness (QED) is 0.0173. The van der Waals surface area contributed by atoms with E-state index in [0.29, 0.717) is 55.4 Å². The Morgan fingerprint density at radius 1 is 0.537 bits per heavy atom. The number of unbranched alkanes of at least 4 members (excludes halogenated alkanes) is 1. The summed E-state index contributed by atoms with van der Waals surface area (Å²) in [5.74, 6) is -9.80. The van der Waals surface area contributed by atoms with Gasteiger partial charge in [0.2, 0.25) is 76.8 Å². The van der Waals surface area contributed by atoms with Crippen LogP contribution in [0, 0.1) is 5.92 Å². The van der Waals surface area contributed by atoms with Crippen molar-refractivity contribution in [1.29, 1.82) is 0 Å². The maximum Gasteiger partial charge on any atom is 0.245 e. The summed E-state index contributed by atoms with van der Waals surface area (Å²) in [5.41, 5.74) is 40.6. The van der Waals surface area contributed by atoms with Crippen molar-refractivity contribution in [2.75, 3.05) is 44.7 Å². The second-order valence-corrected chi connectivity index (χ2v) is 25.1. The number of rotatable bonds is 42. The van der Waals surface area contributed by atoms with Gasteiger partial charge in [0.25, 0.3) is 0 Å². The van der Waals surface area contributed by atoms with Crippen molar-refractivity contribution in [3.63, 3.8) is 0 Å². The van der Waals surface area contributed by atoms with Crippen molar-refractivity contribution < 1.29 is 62.3 Å². The third-order valence-electron chi connectivity index (χ3n) is 16.0. The lowest BCUT2D eigenvalue weighted by molar-refractivity contribution is -0.144. The molecule has 2 saturated heterocycles. The third kappa shape index (κ3) is 27.5. The average Bonchev–Trinajstić information content (AvgIpc) is 1.74. The Hall–Kier alpha value is -8.91. The molecule has 4 rings (SSSR count). The summed E-state index contributed by atoms with van der Waals surface area (Å²) in [6, 6.07) is 4.51. The van der Waals surface area contributed by atoms with Crippen LogP contribution in [0.5, 0.6) is 0 Å². The Labute approximate surface area is 558 Å². The molecule has 10 atom stereocenters. The number of carbonyl (C=O) groups is 13. The number of hydrogen-bond acceptors (Lipinski definition) is 17. The fraction of sp³-hybridized carbons (Fsp3) is 0.587. The normalized spacial score (nSPS) is 16.8. The SMILES string of the molecule is CSCC[C@H](NC(=O)[C@H](CC(C)C)NC(=O)CNC(=O)[C@H](Cc1ccccc1)NC(=O)[C@H](Cc1ccccc1)NC(=O)[C@@H](CCC(N)=O)NC(=O)[C@H](CCC(N)=O)NC(=O)[C@@H]1CCCN1C(=O)[C@H](CCCCN)NC(=O)[C@@H]1CCCN1C(=O)[C@@H](N)CCCN=C(N)N)C(N)=O. The molecule has 2 aromatic rings. The van der Waals surface area contributed by atoms with Crippen LogP contribution < -0.4 is 82.7 Å². The van der Waals surface area contributed by atoms with E-state index in [4.69, 9.17) is 40.1 Å². The molecule has 0 bridgehead atoms. The standard InChI is InChI=1S/C63H98N18O13S/c1-37(2)33-45(57(89)74-41(53(68)85)27-32-95-3)73-52(84)36-72-54(86)46(34-38-15-6-4-7-16-38)78-58(90)47(35-39-17-8-5-9-18-39)79-56(88)42(23-25-50(66)82)75-55(87)43(24-26-51(67)83)76-59(91)49-22-14-31-81(49)62(94)44(20-10-11-28-64)77-60(92)48-21-13-30-80(48)61(93)40(65)19-12-29-71-63(69)70/h4-9,15-18,37,40-49H,10-14,19-36,64-65H2,1-3H3,(H2,66,82)(H2,67,83)(H2,68,85)(H,72,86)(H,73,84)(H,74,89)(H,75,87)(H,76,91)(H,77,92)(H,78,90)(H,79,88)(H4,69,70,71)/t40-,41-,42+,43-,44-,45-,46-,47-,48-,49-/m0/s1. The van der Waals surface area contributed by atoms with Crippen LogP contribution in [0.4, 0.5) is 0 Å². The number of aliphatic imine (C=N–C) groups is 1. The number of hydrogen-bond donors (Lipinski definition) is 15. The van der Waals surface area contributed by atoms with Gasteiger partial charge < -0.3 is 92.5 Å². The molecular formula is C63H98N18O13S. The summed E-state index contributed by atoms with van der Waals surface area (Å²) in [5, 5.41) is 21.1. The summed E-state index contributed by atoms with van der Waals surface area (Å²) < 4.78 is 0. The van der Waals surface area contributed by atoms with E-state index in [1.165, 1.54) is 21.6 Å². The highest BCUT2D eigenvalue weighted by Gasteiger charge is 2.42. The van der Waals surface area contributed by atoms with Crippen molar-refractivity contribution >= 4 is 94.5 Å². The average molecular weight is 1350 g/mol. The fourth-order valence-electron chi connectivity index (χ4n) is 11.0. The molecule has 95 heavy (non-hydrogen) atoms. The van der Waals surface area contributed by atoms with Gasteiger partial charge in [-0.3, -0.25) is 67.3 Å². The summed E-state index contributed by atoms with van der Waals surface area (Å²) >= 11 is 1.45. The minimum absolute atomic E-state index is 0.0736. The van der Waals surface area contributed by atoms with Gasteiger partial charge in [0, 0.05) is 45.3 Å². The largest absolute Gasteiger partial charge is 0.370 e. The zero-order valence-corrected chi connectivity index (χ0v) is 55.3. The smallest absolute Gasteiger partial charge is 0.245 e. The van der Waals surface area contributed by atoms with E-state index in [9.17, 15) is 62.3 Å². The van der Waals surface area contributed by atoms with Crippen LogP contribution in [0.3, 0.4) is 0 Å². The molecule has 2 aliphatic heterocycles. The van der Waals surface area contributed by atoms with Gasteiger partial charge in [-0.2, -0.15) is 11.8 Å². The van der Waals surface area contributed by atoms with Crippen LogP contribution in [0.1, 0.15) is 121 Å². The van der Waals surface area contributed by atoms with E-state index in [1.807, 2.05) is 20.1 Å². The monoisotopic (exact) mass is 1350 g/mol. The van der Waals surface area contributed by atoms with Crippen molar-refractivity contribution in [2.45, 2.75) is 183 Å². The number of thioether (sulfide) groups is 1. The molecule has 0 aromatic heterocycles. The van der Waals surface area contributed by atoms with E-state index < -0.39 is 169 Å². The first kappa shape index (κ1) is 78.5. The molecule has 2 fully saturated rings. The van der Waals surface area contributed by atoms with Crippen molar-refractivity contribution in [3.05, 3.63) is 71.8 Å². The molecule has 0 spiro atoms. The first-order valence-corrected chi connectivity index (χ1v) is 33.6. The lowest BCUT2D eigenvalue weighted by Gasteiger charge is -2.32. The predicted octanol–water partition coefficient (Wildman–Crippen LogP) is -3.71. The highest BCUT2D eigenvalue weighted by molar-refractivity contribution is 7.98. The van der Waals surface area contributed by atoms with Crippen LogP contribution >= 0.6 is 11.8 Å². The highest BCUT2D eigenvalue weighted by Crippen LogP contribution is 2.24. The molecule has 31 nitrogen and oxygen atoms in total. The van der Waals surface area contributed by atoms with Crippen LogP contribution in [0.25, 0.3) is 0 Å². The third-order valence-corrected chi connectivity index (χ3v) is 16.7. The number of primary amides is 3. The summed E-state index contributed by atoms with van der Waals surface area (Å²) in [6.45, 7) is 3.86. The molecule has 0 unspecified atom stereocenters. The topological polar surface area (TPSA) is 519 Å². The van der Waals surface area contributed by atoms with Crippen LogP contribution in [-0.2, 0) is 75.2 Å². The van der Waals surface area contributed by atoms with Gasteiger partial charge in [-0.05, 0) is 119 Å². The van der Waals surface area contributed by atoms with Crippen LogP contribution in [-0.4, -0.2) is 198 Å². The summed E-state index contributed by atoms with van der Waals surface area (Å²) in [6.07, 6.45) is 3.12. The number of nitrogens with zero attached hydrogens (tertiary/aromatic N) is 3. The number of nitrogens with two attached hydrogens (primary N) is 7. The zero-order chi connectivity index (χ0) is 70.1. The second-order valence-electron chi connectivity index (χ2n) is 24.1. The van der Waals surface area contributed by atoms with Gasteiger partial charge in [-0.15, -0.1) is 0 Å². The van der Waals surface area contributed by atoms with Gasteiger partial charge in [-0.1, -0.05) is 74.5 Å². The number of guanidine groups is 1. The molecule has 0 radical (unpaired) electrons. The molecule has 524 valence electrons. The van der Waals surface area contributed by atoms with E-state index in [1.54, 1.807) is 60.7 Å². The molecule has 2 aromatic carbocycles. The molecule has 2 heterocycles. The molecule has 13 amide bonds. The van der Waals surface area contributed by atoms with Crippen LogP contribution in [0.15, 0.2) is 65.7 Å². The Balaban J connectivity index is 1.56. The lowest BCUT2D eigenvalue weighted by atomic mass is 10.0. The van der Waals surface area contributed by atoms with Gasteiger partial charge in [-0.25, -0.2) is 0 Å². The molecule has 32 heteroatoms. The Kier molecular flexibility index (Phi) is 33.9. The number of benzene rings is 2. The van der Waals surface area contributed by atoms with E-state index in [2.05, 4.69) is 47.5 Å². The van der Waals surface area contributed by atoms with E-state index >= 15 is 0 Å².